The van der Waals surface area contributed by atoms with Gasteiger partial charge in [-0.25, -0.2) is 0 Å². The van der Waals surface area contributed by atoms with Gasteiger partial charge in [0.1, 0.15) is 0 Å². The smallest absolute Gasteiger partial charge is 0.223 e. The van der Waals surface area contributed by atoms with Crippen molar-refractivity contribution in [2.75, 3.05) is 13.1 Å². The van der Waals surface area contributed by atoms with Crippen molar-refractivity contribution in [3.8, 4) is 0 Å². The molecule has 0 aliphatic heterocycles. The number of nitrogens with zero attached hydrogens (tertiary/aromatic N) is 1. The molecule has 1 heterocycles. The van der Waals surface area contributed by atoms with Crippen molar-refractivity contribution in [2.24, 2.45) is 5.92 Å². The van der Waals surface area contributed by atoms with E-state index in [9.17, 15) is 4.79 Å². The first kappa shape index (κ1) is 11.1. The van der Waals surface area contributed by atoms with E-state index in [-0.39, 0.29) is 5.91 Å². The summed E-state index contributed by atoms with van der Waals surface area (Å²) in [6, 6.07) is 5.86. The average Bonchev–Trinajstić information content (AvgIpc) is 3.13. The van der Waals surface area contributed by atoms with Crippen molar-refractivity contribution in [1.82, 2.24) is 15.6 Å². The average molecular weight is 219 g/mol. The fourth-order valence-corrected chi connectivity index (χ4v) is 1.48. The van der Waals surface area contributed by atoms with Gasteiger partial charge in [-0.05, 0) is 25.0 Å². The van der Waals surface area contributed by atoms with Gasteiger partial charge in [0, 0.05) is 31.7 Å². The molecule has 4 heteroatoms. The highest BCUT2D eigenvalue weighted by Gasteiger charge is 2.28. The van der Waals surface area contributed by atoms with E-state index in [1.165, 1.54) is 0 Å². The van der Waals surface area contributed by atoms with Gasteiger partial charge in [0.15, 0.2) is 0 Å². The van der Waals surface area contributed by atoms with E-state index in [0.717, 1.165) is 31.6 Å². The molecule has 1 aliphatic rings. The Balaban J connectivity index is 1.53. The minimum absolute atomic E-state index is 0.208. The topological polar surface area (TPSA) is 54.0 Å². The molecule has 0 saturated heterocycles. The summed E-state index contributed by atoms with van der Waals surface area (Å²) in [5, 5.41) is 6.15. The van der Waals surface area contributed by atoms with Gasteiger partial charge in [-0.15, -0.1) is 0 Å². The maximum absolute atomic E-state index is 11.3. The van der Waals surface area contributed by atoms with Crippen molar-refractivity contribution >= 4 is 5.91 Å². The monoisotopic (exact) mass is 219 g/mol. The first-order valence-electron chi connectivity index (χ1n) is 5.74. The zero-order chi connectivity index (χ0) is 11.2. The van der Waals surface area contributed by atoms with Crippen LogP contribution in [-0.4, -0.2) is 24.0 Å². The quantitative estimate of drug-likeness (QED) is 0.692. The Labute approximate surface area is 95.5 Å². The molecule has 0 bridgehead atoms. The highest BCUT2D eigenvalue weighted by atomic mass is 16.2. The lowest BCUT2D eigenvalue weighted by Gasteiger charge is -2.05. The van der Waals surface area contributed by atoms with Crippen molar-refractivity contribution in [3.05, 3.63) is 30.1 Å². The van der Waals surface area contributed by atoms with Gasteiger partial charge >= 0.3 is 0 Å². The zero-order valence-electron chi connectivity index (χ0n) is 9.28. The number of carbonyl (C=O) groups is 1. The van der Waals surface area contributed by atoms with Gasteiger partial charge in [-0.2, -0.15) is 0 Å². The number of rotatable bonds is 6. The van der Waals surface area contributed by atoms with Crippen LogP contribution in [0, 0.1) is 5.92 Å². The van der Waals surface area contributed by atoms with Gasteiger partial charge in [0.05, 0.1) is 5.69 Å². The molecule has 2 N–H and O–H groups in total. The third kappa shape index (κ3) is 3.62. The van der Waals surface area contributed by atoms with Gasteiger partial charge in [-0.3, -0.25) is 9.78 Å². The summed E-state index contributed by atoms with van der Waals surface area (Å²) in [5.41, 5.74) is 1.02. The number of hydrogen-bond donors (Lipinski definition) is 2. The fourth-order valence-electron chi connectivity index (χ4n) is 1.48. The molecule has 16 heavy (non-hydrogen) atoms. The van der Waals surface area contributed by atoms with E-state index in [2.05, 4.69) is 15.6 Å². The maximum Gasteiger partial charge on any atom is 0.223 e. The fraction of sp³-hybridized carbons (Fsp3) is 0.500. The number of hydrogen-bond acceptors (Lipinski definition) is 3. The van der Waals surface area contributed by atoms with Crippen LogP contribution in [0.2, 0.25) is 0 Å². The van der Waals surface area contributed by atoms with E-state index >= 15 is 0 Å². The van der Waals surface area contributed by atoms with Crippen LogP contribution in [0.1, 0.15) is 18.5 Å². The van der Waals surface area contributed by atoms with Crippen LogP contribution in [0.3, 0.4) is 0 Å². The molecule has 1 saturated carbocycles. The molecular weight excluding hydrogens is 202 g/mol. The molecule has 1 aromatic rings. The highest BCUT2D eigenvalue weighted by Crippen LogP contribution is 2.28. The predicted molar refractivity (Wildman–Crippen MR) is 61.7 cm³/mol. The molecule has 0 aromatic carbocycles. The van der Waals surface area contributed by atoms with Crippen LogP contribution >= 0.6 is 0 Å². The second kappa shape index (κ2) is 5.61. The number of nitrogens with one attached hydrogen (secondary N) is 2. The Kier molecular flexibility index (Phi) is 3.88. The van der Waals surface area contributed by atoms with Crippen LogP contribution in [0.5, 0.6) is 0 Å². The molecule has 0 atom stereocenters. The molecule has 1 aromatic heterocycles. The minimum atomic E-state index is 0.208. The molecule has 1 aliphatic carbocycles. The van der Waals surface area contributed by atoms with Crippen LogP contribution in [0.4, 0.5) is 0 Å². The van der Waals surface area contributed by atoms with Crippen molar-refractivity contribution in [3.63, 3.8) is 0 Å². The van der Waals surface area contributed by atoms with Crippen LogP contribution in [0.25, 0.3) is 0 Å². The Morgan fingerprint density at radius 2 is 2.25 bits per heavy atom. The second-order valence-corrected chi connectivity index (χ2v) is 4.06. The molecule has 1 fully saturated rings. The lowest BCUT2D eigenvalue weighted by Crippen LogP contribution is -2.32. The Hall–Kier alpha value is -1.42. The first-order chi connectivity index (χ1) is 7.86. The summed E-state index contributed by atoms with van der Waals surface area (Å²) >= 11 is 0. The Morgan fingerprint density at radius 3 is 2.94 bits per heavy atom. The lowest BCUT2D eigenvalue weighted by atomic mass is 10.3. The normalized spacial score (nSPS) is 14.8. The van der Waals surface area contributed by atoms with E-state index < -0.39 is 0 Å². The number of aromatic nitrogens is 1. The molecule has 0 spiro atoms. The first-order valence-corrected chi connectivity index (χ1v) is 5.74. The predicted octanol–water partition coefficient (Wildman–Crippen LogP) is 0.697. The van der Waals surface area contributed by atoms with Crippen LogP contribution in [0.15, 0.2) is 24.4 Å². The molecular formula is C12H17N3O. The Morgan fingerprint density at radius 1 is 1.38 bits per heavy atom. The summed E-state index contributed by atoms with van der Waals surface area (Å²) in [5.74, 6) is 0.510. The van der Waals surface area contributed by atoms with Crippen molar-refractivity contribution < 1.29 is 4.79 Å². The van der Waals surface area contributed by atoms with Crippen molar-refractivity contribution in [1.29, 1.82) is 0 Å². The summed E-state index contributed by atoms with van der Waals surface area (Å²) in [6.07, 6.45) is 3.91. The molecule has 1 amide bonds. The largest absolute Gasteiger partial charge is 0.355 e. The summed E-state index contributed by atoms with van der Waals surface area (Å²) in [7, 11) is 0. The Bertz CT molecular complexity index is 335. The molecule has 2 rings (SSSR count). The summed E-state index contributed by atoms with van der Waals surface area (Å²) < 4.78 is 0. The third-order valence-electron chi connectivity index (χ3n) is 2.58. The summed E-state index contributed by atoms with van der Waals surface area (Å²) in [6.45, 7) is 2.23. The van der Waals surface area contributed by atoms with Crippen molar-refractivity contribution in [2.45, 2.75) is 19.4 Å². The van der Waals surface area contributed by atoms with Gasteiger partial charge in [0.25, 0.3) is 0 Å². The van der Waals surface area contributed by atoms with E-state index in [0.29, 0.717) is 12.5 Å². The summed E-state index contributed by atoms with van der Waals surface area (Å²) in [4.78, 5) is 15.5. The van der Waals surface area contributed by atoms with Gasteiger partial charge < -0.3 is 10.6 Å². The molecule has 4 nitrogen and oxygen atoms in total. The van der Waals surface area contributed by atoms with Crippen LogP contribution in [-0.2, 0) is 11.3 Å². The number of amides is 1. The second-order valence-electron chi connectivity index (χ2n) is 4.06. The lowest BCUT2D eigenvalue weighted by molar-refractivity contribution is -0.122. The van der Waals surface area contributed by atoms with Gasteiger partial charge in [0.2, 0.25) is 5.91 Å². The number of carbonyl (C=O) groups excluding carboxylic acids is 1. The van der Waals surface area contributed by atoms with Gasteiger partial charge in [-0.1, -0.05) is 6.07 Å². The maximum atomic E-state index is 11.3. The molecule has 86 valence electrons. The zero-order valence-corrected chi connectivity index (χ0v) is 9.28. The van der Waals surface area contributed by atoms with E-state index in [1.54, 1.807) is 6.20 Å². The number of pyridine rings is 1. The third-order valence-corrected chi connectivity index (χ3v) is 2.58. The standard InChI is InChI=1S/C12H17N3O/c16-12(10-4-5-10)15-8-7-13-9-11-3-1-2-6-14-11/h1-3,6,10,13H,4-5,7-9H2,(H,15,16). The highest BCUT2D eigenvalue weighted by molar-refractivity contribution is 5.80. The van der Waals surface area contributed by atoms with Crippen LogP contribution < -0.4 is 10.6 Å². The molecule has 0 radical (unpaired) electrons. The SMILES string of the molecule is O=C(NCCNCc1ccccn1)C1CC1. The molecule has 0 unspecified atom stereocenters. The van der Waals surface area contributed by atoms with E-state index in [4.69, 9.17) is 0 Å². The van der Waals surface area contributed by atoms with E-state index in [1.807, 2.05) is 18.2 Å². The minimum Gasteiger partial charge on any atom is -0.355 e.